The molecule has 0 radical (unpaired) electrons. The fraction of sp³-hybridized carbons (Fsp3) is 1.00. The van der Waals surface area contributed by atoms with Gasteiger partial charge in [0.15, 0.2) is 0 Å². The van der Waals surface area contributed by atoms with Gasteiger partial charge in [0.1, 0.15) is 0 Å². The molecule has 0 aromatic heterocycles. The Balaban J connectivity index is 3.32. The first-order valence-corrected chi connectivity index (χ1v) is 6.13. The summed E-state index contributed by atoms with van der Waals surface area (Å²) in [6.45, 7) is 7.93. The molecule has 2 heteroatoms. The monoisotopic (exact) mass is 235 g/mol. The Kier molecular flexibility index (Phi) is 8.35. The number of alkyl halides is 1. The number of hydrogen-bond donors (Lipinski definition) is 1. The quantitative estimate of drug-likeness (QED) is 0.528. The third-order valence-corrected chi connectivity index (χ3v) is 2.86. The second-order valence-corrected chi connectivity index (χ2v) is 4.31. The van der Waals surface area contributed by atoms with Gasteiger partial charge >= 0.3 is 0 Å². The lowest BCUT2D eigenvalue weighted by atomic mass is 10.1. The van der Waals surface area contributed by atoms with Crippen LogP contribution in [-0.2, 0) is 0 Å². The van der Waals surface area contributed by atoms with Gasteiger partial charge < -0.3 is 5.32 Å². The van der Waals surface area contributed by atoms with E-state index in [2.05, 4.69) is 42.0 Å². The average Bonchev–Trinajstić information content (AvgIpc) is 2.04. The molecule has 0 rings (SSSR count). The van der Waals surface area contributed by atoms with Crippen LogP contribution in [0.4, 0.5) is 0 Å². The molecule has 0 bridgehead atoms. The van der Waals surface area contributed by atoms with E-state index in [0.717, 1.165) is 11.2 Å². The summed E-state index contributed by atoms with van der Waals surface area (Å²) in [4.78, 5) is 0. The molecule has 0 aromatic carbocycles. The standard InChI is InChI=1S/C10H22BrN/c1-4-5-6-7-12-10(8-11)9(2)3/h9-10,12H,4-8H2,1-3H3. The third kappa shape index (κ3) is 6.01. The third-order valence-electron chi connectivity index (χ3n) is 2.16. The van der Waals surface area contributed by atoms with Crippen molar-refractivity contribution in [1.29, 1.82) is 0 Å². The highest BCUT2D eigenvalue weighted by Gasteiger charge is 2.09. The number of rotatable bonds is 7. The summed E-state index contributed by atoms with van der Waals surface area (Å²) in [5.74, 6) is 0.728. The van der Waals surface area contributed by atoms with Crippen LogP contribution in [0.1, 0.15) is 40.0 Å². The lowest BCUT2D eigenvalue weighted by Gasteiger charge is -2.19. The van der Waals surface area contributed by atoms with Crippen molar-refractivity contribution in [2.45, 2.75) is 46.1 Å². The summed E-state index contributed by atoms with van der Waals surface area (Å²) >= 11 is 3.52. The highest BCUT2D eigenvalue weighted by Crippen LogP contribution is 2.04. The first-order valence-electron chi connectivity index (χ1n) is 5.01. The molecule has 12 heavy (non-hydrogen) atoms. The van der Waals surface area contributed by atoms with Gasteiger partial charge in [-0.1, -0.05) is 49.5 Å². The van der Waals surface area contributed by atoms with Crippen LogP contribution in [0.3, 0.4) is 0 Å². The Morgan fingerprint density at radius 3 is 2.33 bits per heavy atom. The molecular weight excluding hydrogens is 214 g/mol. The summed E-state index contributed by atoms with van der Waals surface area (Å²) in [6.07, 6.45) is 3.97. The predicted molar refractivity (Wildman–Crippen MR) is 59.9 cm³/mol. The van der Waals surface area contributed by atoms with Crippen molar-refractivity contribution < 1.29 is 0 Å². The van der Waals surface area contributed by atoms with E-state index in [1.54, 1.807) is 0 Å². The molecular formula is C10H22BrN. The molecule has 1 atom stereocenters. The number of nitrogens with one attached hydrogen (secondary N) is 1. The Bertz CT molecular complexity index is 93.8. The molecule has 0 heterocycles. The van der Waals surface area contributed by atoms with E-state index in [-0.39, 0.29) is 0 Å². The fourth-order valence-electron chi connectivity index (χ4n) is 1.13. The van der Waals surface area contributed by atoms with Crippen molar-refractivity contribution in [3.05, 3.63) is 0 Å². The highest BCUT2D eigenvalue weighted by molar-refractivity contribution is 9.09. The average molecular weight is 236 g/mol. The van der Waals surface area contributed by atoms with E-state index in [1.807, 2.05) is 0 Å². The van der Waals surface area contributed by atoms with Crippen LogP contribution in [0.15, 0.2) is 0 Å². The topological polar surface area (TPSA) is 12.0 Å². The van der Waals surface area contributed by atoms with Gasteiger partial charge in [0.25, 0.3) is 0 Å². The van der Waals surface area contributed by atoms with Gasteiger partial charge in [-0.05, 0) is 18.9 Å². The highest BCUT2D eigenvalue weighted by atomic mass is 79.9. The van der Waals surface area contributed by atoms with Crippen LogP contribution in [0.5, 0.6) is 0 Å². The van der Waals surface area contributed by atoms with Gasteiger partial charge in [0, 0.05) is 11.4 Å². The molecule has 0 aliphatic carbocycles. The van der Waals surface area contributed by atoms with Gasteiger partial charge in [-0.2, -0.15) is 0 Å². The Morgan fingerprint density at radius 2 is 1.92 bits per heavy atom. The molecule has 0 amide bonds. The molecule has 1 nitrogen and oxygen atoms in total. The van der Waals surface area contributed by atoms with Crippen LogP contribution < -0.4 is 5.32 Å². The lowest BCUT2D eigenvalue weighted by Crippen LogP contribution is -2.35. The first kappa shape index (κ1) is 12.4. The van der Waals surface area contributed by atoms with Crippen LogP contribution >= 0.6 is 15.9 Å². The lowest BCUT2D eigenvalue weighted by molar-refractivity contribution is 0.428. The zero-order valence-electron chi connectivity index (χ0n) is 8.57. The minimum Gasteiger partial charge on any atom is -0.313 e. The molecule has 0 saturated heterocycles. The summed E-state index contributed by atoms with van der Waals surface area (Å²) in [5, 5.41) is 4.62. The van der Waals surface area contributed by atoms with Crippen molar-refractivity contribution >= 4 is 15.9 Å². The maximum Gasteiger partial charge on any atom is 0.0188 e. The van der Waals surface area contributed by atoms with Crippen LogP contribution in [0.25, 0.3) is 0 Å². The predicted octanol–water partition coefficient (Wildman–Crippen LogP) is 3.19. The SMILES string of the molecule is CCCCCNC(CBr)C(C)C. The van der Waals surface area contributed by atoms with Crippen LogP contribution in [-0.4, -0.2) is 17.9 Å². The van der Waals surface area contributed by atoms with Gasteiger partial charge in [0.2, 0.25) is 0 Å². The van der Waals surface area contributed by atoms with E-state index < -0.39 is 0 Å². The zero-order chi connectivity index (χ0) is 9.40. The molecule has 1 unspecified atom stereocenters. The summed E-state index contributed by atoms with van der Waals surface area (Å²) in [7, 11) is 0. The minimum absolute atomic E-state index is 0.641. The van der Waals surface area contributed by atoms with E-state index >= 15 is 0 Å². The maximum atomic E-state index is 3.56. The Labute approximate surface area is 85.4 Å². The number of halogens is 1. The zero-order valence-corrected chi connectivity index (χ0v) is 10.2. The normalized spacial score (nSPS) is 13.8. The van der Waals surface area contributed by atoms with Gasteiger partial charge in [-0.3, -0.25) is 0 Å². The van der Waals surface area contributed by atoms with Crippen molar-refractivity contribution in [3.63, 3.8) is 0 Å². The Morgan fingerprint density at radius 1 is 1.25 bits per heavy atom. The maximum absolute atomic E-state index is 3.56. The van der Waals surface area contributed by atoms with Crippen molar-refractivity contribution in [2.24, 2.45) is 5.92 Å². The largest absolute Gasteiger partial charge is 0.313 e. The summed E-state index contributed by atoms with van der Waals surface area (Å²) in [5.41, 5.74) is 0. The summed E-state index contributed by atoms with van der Waals surface area (Å²) in [6, 6.07) is 0.641. The molecule has 0 aromatic rings. The summed E-state index contributed by atoms with van der Waals surface area (Å²) < 4.78 is 0. The molecule has 1 N–H and O–H groups in total. The van der Waals surface area contributed by atoms with Gasteiger partial charge in [-0.15, -0.1) is 0 Å². The minimum atomic E-state index is 0.641. The van der Waals surface area contributed by atoms with Crippen LogP contribution in [0.2, 0.25) is 0 Å². The van der Waals surface area contributed by atoms with Crippen molar-refractivity contribution in [2.75, 3.05) is 11.9 Å². The van der Waals surface area contributed by atoms with Crippen LogP contribution in [0, 0.1) is 5.92 Å². The molecule has 74 valence electrons. The Hall–Kier alpha value is 0.440. The van der Waals surface area contributed by atoms with Crippen molar-refractivity contribution in [3.8, 4) is 0 Å². The molecule has 0 fully saturated rings. The van der Waals surface area contributed by atoms with E-state index in [1.165, 1.54) is 25.8 Å². The number of unbranched alkanes of at least 4 members (excludes halogenated alkanes) is 2. The molecule has 0 spiro atoms. The van der Waals surface area contributed by atoms with E-state index in [0.29, 0.717) is 6.04 Å². The first-order chi connectivity index (χ1) is 5.72. The van der Waals surface area contributed by atoms with E-state index in [4.69, 9.17) is 0 Å². The van der Waals surface area contributed by atoms with E-state index in [9.17, 15) is 0 Å². The smallest absolute Gasteiger partial charge is 0.0188 e. The molecule has 0 aliphatic heterocycles. The van der Waals surface area contributed by atoms with Gasteiger partial charge in [-0.25, -0.2) is 0 Å². The fourth-order valence-corrected chi connectivity index (χ4v) is 2.11. The van der Waals surface area contributed by atoms with Gasteiger partial charge in [0.05, 0.1) is 0 Å². The molecule has 0 saturated carbocycles. The second-order valence-electron chi connectivity index (χ2n) is 3.67. The number of hydrogen-bond acceptors (Lipinski definition) is 1. The van der Waals surface area contributed by atoms with Crippen molar-refractivity contribution in [1.82, 2.24) is 5.32 Å². The second kappa shape index (κ2) is 8.06. The molecule has 0 aliphatic rings.